The number of aromatic nitrogens is 2. The third-order valence-electron chi connectivity index (χ3n) is 3.46. The van der Waals surface area contributed by atoms with E-state index in [1.54, 1.807) is 12.1 Å². The van der Waals surface area contributed by atoms with E-state index in [1.165, 1.54) is 12.7 Å². The Balaban J connectivity index is 2.06. The van der Waals surface area contributed by atoms with Gasteiger partial charge in [-0.25, -0.2) is 0 Å². The number of aliphatic hydroxyl groups is 1. The normalized spacial score (nSPS) is 13.0. The van der Waals surface area contributed by atoms with Gasteiger partial charge in [0.25, 0.3) is 0 Å². The maximum atomic E-state index is 10.2. The van der Waals surface area contributed by atoms with Crippen LogP contribution < -0.4 is 4.74 Å². The average molecular weight is 286 g/mol. The molecule has 1 atom stereocenters. The van der Waals surface area contributed by atoms with Crippen LogP contribution in [0, 0.1) is 0 Å². The second kappa shape index (κ2) is 6.22. The molecular weight excluding hydrogens is 264 g/mol. The highest BCUT2D eigenvalue weighted by Crippen LogP contribution is 2.24. The summed E-state index contributed by atoms with van der Waals surface area (Å²) in [6.07, 6.45) is -0.144. The molecule has 0 aliphatic rings. The molecule has 0 aliphatic carbocycles. The van der Waals surface area contributed by atoms with Gasteiger partial charge in [-0.05, 0) is 22.6 Å². The van der Waals surface area contributed by atoms with Crippen LogP contribution in [0.15, 0.2) is 36.4 Å². The summed E-state index contributed by atoms with van der Waals surface area (Å²) in [5.74, 6) is 0.445. The standard InChI is InChI=1S/C17H22N2O2/c1-17(2,3)13-7-5-12(6-8-13)11-15(20)14-9-10-16(21-4)19-18-14/h5-10,15,20H,11H2,1-4H3. The molecule has 21 heavy (non-hydrogen) atoms. The van der Waals surface area contributed by atoms with Gasteiger partial charge in [-0.1, -0.05) is 45.0 Å². The summed E-state index contributed by atoms with van der Waals surface area (Å²) in [5.41, 5.74) is 3.05. The fourth-order valence-electron chi connectivity index (χ4n) is 2.09. The first kappa shape index (κ1) is 15.4. The van der Waals surface area contributed by atoms with Crippen molar-refractivity contribution >= 4 is 0 Å². The molecule has 2 aromatic rings. The molecule has 112 valence electrons. The number of methoxy groups -OCH3 is 1. The topological polar surface area (TPSA) is 55.2 Å². The molecule has 0 saturated heterocycles. The summed E-state index contributed by atoms with van der Waals surface area (Å²) >= 11 is 0. The highest BCUT2D eigenvalue weighted by Gasteiger charge is 2.15. The molecule has 0 saturated carbocycles. The fourth-order valence-corrected chi connectivity index (χ4v) is 2.09. The zero-order valence-electron chi connectivity index (χ0n) is 13.0. The molecule has 1 N–H and O–H groups in total. The van der Waals surface area contributed by atoms with Gasteiger partial charge in [0.05, 0.1) is 12.8 Å². The number of aliphatic hydroxyl groups excluding tert-OH is 1. The number of hydrogen-bond acceptors (Lipinski definition) is 4. The summed E-state index contributed by atoms with van der Waals surface area (Å²) in [7, 11) is 1.54. The third kappa shape index (κ3) is 4.02. The quantitative estimate of drug-likeness (QED) is 0.938. The van der Waals surface area contributed by atoms with E-state index in [2.05, 4.69) is 55.2 Å². The predicted molar refractivity (Wildman–Crippen MR) is 82.4 cm³/mol. The van der Waals surface area contributed by atoms with Gasteiger partial charge in [0, 0.05) is 12.5 Å². The van der Waals surface area contributed by atoms with Gasteiger partial charge in [-0.3, -0.25) is 0 Å². The summed E-state index contributed by atoms with van der Waals surface area (Å²) in [6.45, 7) is 6.55. The summed E-state index contributed by atoms with van der Waals surface area (Å²) in [5, 5.41) is 18.1. The highest BCUT2D eigenvalue weighted by atomic mass is 16.5. The van der Waals surface area contributed by atoms with Crippen molar-refractivity contribution in [1.29, 1.82) is 0 Å². The third-order valence-corrected chi connectivity index (χ3v) is 3.46. The van der Waals surface area contributed by atoms with Gasteiger partial charge >= 0.3 is 0 Å². The van der Waals surface area contributed by atoms with E-state index in [-0.39, 0.29) is 5.41 Å². The minimum atomic E-state index is -0.663. The highest BCUT2D eigenvalue weighted by molar-refractivity contribution is 5.28. The number of rotatable bonds is 4. The first-order chi connectivity index (χ1) is 9.90. The van der Waals surface area contributed by atoms with Crippen LogP contribution >= 0.6 is 0 Å². The number of hydrogen-bond donors (Lipinski definition) is 1. The van der Waals surface area contributed by atoms with Crippen LogP contribution in [0.25, 0.3) is 0 Å². The van der Waals surface area contributed by atoms with E-state index in [0.717, 1.165) is 5.56 Å². The molecule has 1 heterocycles. The molecule has 0 radical (unpaired) electrons. The zero-order chi connectivity index (χ0) is 15.5. The Labute approximate surface area is 125 Å². The Morgan fingerprint density at radius 1 is 1.05 bits per heavy atom. The second-order valence-corrected chi connectivity index (χ2v) is 6.17. The van der Waals surface area contributed by atoms with Gasteiger partial charge in [0.15, 0.2) is 0 Å². The first-order valence-electron chi connectivity index (χ1n) is 7.05. The molecule has 2 rings (SSSR count). The van der Waals surface area contributed by atoms with Crippen molar-refractivity contribution in [2.24, 2.45) is 0 Å². The van der Waals surface area contributed by atoms with Crippen LogP contribution in [0.4, 0.5) is 0 Å². The van der Waals surface area contributed by atoms with Gasteiger partial charge in [0.2, 0.25) is 5.88 Å². The minimum Gasteiger partial charge on any atom is -0.480 e. The van der Waals surface area contributed by atoms with E-state index in [9.17, 15) is 5.11 Å². The van der Waals surface area contributed by atoms with E-state index in [4.69, 9.17) is 4.74 Å². The Morgan fingerprint density at radius 3 is 2.19 bits per heavy atom. The SMILES string of the molecule is COc1ccc(C(O)Cc2ccc(C(C)(C)C)cc2)nn1. The molecule has 0 amide bonds. The predicted octanol–water partition coefficient (Wildman–Crippen LogP) is 3.06. The summed E-state index contributed by atoms with van der Waals surface area (Å²) in [4.78, 5) is 0. The van der Waals surface area contributed by atoms with Crippen LogP contribution in [-0.2, 0) is 11.8 Å². The van der Waals surface area contributed by atoms with Gasteiger partial charge in [0.1, 0.15) is 6.10 Å². The lowest BCUT2D eigenvalue weighted by atomic mass is 9.86. The second-order valence-electron chi connectivity index (χ2n) is 6.17. The smallest absolute Gasteiger partial charge is 0.233 e. The number of ether oxygens (including phenoxy) is 1. The number of nitrogens with zero attached hydrogens (tertiary/aromatic N) is 2. The molecule has 1 aromatic carbocycles. The Bertz CT molecular complexity index is 571. The van der Waals surface area contributed by atoms with Crippen molar-refractivity contribution in [2.45, 2.75) is 38.7 Å². The van der Waals surface area contributed by atoms with Crippen molar-refractivity contribution in [2.75, 3.05) is 7.11 Å². The van der Waals surface area contributed by atoms with Crippen molar-refractivity contribution in [1.82, 2.24) is 10.2 Å². The van der Waals surface area contributed by atoms with Gasteiger partial charge in [-0.15, -0.1) is 10.2 Å². The van der Waals surface area contributed by atoms with E-state index in [1.807, 2.05) is 0 Å². The molecule has 0 fully saturated rings. The molecule has 1 aromatic heterocycles. The summed E-state index contributed by atoms with van der Waals surface area (Å²) < 4.78 is 4.96. The summed E-state index contributed by atoms with van der Waals surface area (Å²) in [6, 6.07) is 11.8. The van der Waals surface area contributed by atoms with E-state index in [0.29, 0.717) is 18.0 Å². The van der Waals surface area contributed by atoms with Crippen LogP contribution in [0.2, 0.25) is 0 Å². The van der Waals surface area contributed by atoms with Crippen LogP contribution in [0.1, 0.15) is 43.7 Å². The van der Waals surface area contributed by atoms with E-state index < -0.39 is 6.10 Å². The molecule has 4 nitrogen and oxygen atoms in total. The van der Waals surface area contributed by atoms with Crippen molar-refractivity contribution < 1.29 is 9.84 Å². The first-order valence-corrected chi connectivity index (χ1v) is 7.05. The van der Waals surface area contributed by atoms with Crippen LogP contribution in [-0.4, -0.2) is 22.4 Å². The Morgan fingerprint density at radius 2 is 1.71 bits per heavy atom. The lowest BCUT2D eigenvalue weighted by Crippen LogP contribution is -2.11. The lowest BCUT2D eigenvalue weighted by molar-refractivity contribution is 0.172. The monoisotopic (exact) mass is 286 g/mol. The van der Waals surface area contributed by atoms with Crippen molar-refractivity contribution in [3.05, 3.63) is 53.2 Å². The van der Waals surface area contributed by atoms with Crippen LogP contribution in [0.5, 0.6) is 5.88 Å². The molecule has 1 unspecified atom stereocenters. The maximum absolute atomic E-state index is 10.2. The molecule has 4 heteroatoms. The lowest BCUT2D eigenvalue weighted by Gasteiger charge is -2.19. The molecule has 0 aliphatic heterocycles. The Kier molecular flexibility index (Phi) is 4.58. The molecular formula is C17H22N2O2. The van der Waals surface area contributed by atoms with Crippen LogP contribution in [0.3, 0.4) is 0 Å². The van der Waals surface area contributed by atoms with E-state index >= 15 is 0 Å². The van der Waals surface area contributed by atoms with Crippen molar-refractivity contribution in [3.8, 4) is 5.88 Å². The minimum absolute atomic E-state index is 0.138. The average Bonchev–Trinajstić information content (AvgIpc) is 2.47. The fraction of sp³-hybridized carbons (Fsp3) is 0.412. The maximum Gasteiger partial charge on any atom is 0.233 e. The van der Waals surface area contributed by atoms with Gasteiger partial charge < -0.3 is 9.84 Å². The largest absolute Gasteiger partial charge is 0.480 e. The van der Waals surface area contributed by atoms with Crippen molar-refractivity contribution in [3.63, 3.8) is 0 Å². The molecule has 0 spiro atoms. The number of benzene rings is 1. The van der Waals surface area contributed by atoms with Gasteiger partial charge in [-0.2, -0.15) is 0 Å². The Hall–Kier alpha value is -1.94. The zero-order valence-corrected chi connectivity index (χ0v) is 13.0. The molecule has 0 bridgehead atoms.